The zero-order valence-electron chi connectivity index (χ0n) is 13.2. The molecule has 5 heteroatoms. The summed E-state index contributed by atoms with van der Waals surface area (Å²) in [5.74, 6) is -0.793. The van der Waals surface area contributed by atoms with Crippen molar-refractivity contribution in [3.63, 3.8) is 0 Å². The summed E-state index contributed by atoms with van der Waals surface area (Å²) in [7, 11) is 0. The second kappa shape index (κ2) is 5.32. The average molecular weight is 302 g/mol. The lowest BCUT2D eigenvalue weighted by molar-refractivity contribution is -0.166. The Morgan fingerprint density at radius 1 is 1.32 bits per heavy atom. The van der Waals surface area contributed by atoms with Crippen LogP contribution in [0.25, 0.3) is 0 Å². The van der Waals surface area contributed by atoms with Gasteiger partial charge in [-0.1, -0.05) is 30.3 Å². The fraction of sp³-hybridized carbons (Fsp3) is 0.588. The smallest absolute Gasteiger partial charge is 0.164 e. The number of piperidine rings is 1. The largest absolute Gasteiger partial charge is 0.389 e. The van der Waals surface area contributed by atoms with Crippen LogP contribution in [-0.4, -0.2) is 46.2 Å². The molecule has 1 aromatic carbocycles. The molecule has 3 rings (SSSR count). The first-order valence-electron chi connectivity index (χ1n) is 7.59. The van der Waals surface area contributed by atoms with Crippen LogP contribution in [0.1, 0.15) is 26.3 Å². The van der Waals surface area contributed by atoms with E-state index in [4.69, 9.17) is 9.47 Å². The standard InChI is InChI=1S/C17H22N2O3/c1-16(2)21-15-13(20)11-19(10-12-7-5-4-6-8-12)14(9-18)17(15,3)22-16/h4-8,13-15,20H,10-11H2,1-3H3/t13-,14+,15-,17+/m1/s1. The van der Waals surface area contributed by atoms with Crippen LogP contribution in [0.3, 0.4) is 0 Å². The van der Waals surface area contributed by atoms with Crippen molar-refractivity contribution in [2.45, 2.75) is 57.0 Å². The number of rotatable bonds is 2. The molecule has 2 saturated heterocycles. The van der Waals surface area contributed by atoms with E-state index < -0.39 is 29.6 Å². The van der Waals surface area contributed by atoms with Crippen molar-refractivity contribution >= 4 is 0 Å². The summed E-state index contributed by atoms with van der Waals surface area (Å²) in [5.41, 5.74) is 0.264. The third kappa shape index (κ3) is 2.53. The second-order valence-electron chi connectivity index (χ2n) is 6.74. The Labute approximate surface area is 131 Å². The van der Waals surface area contributed by atoms with Gasteiger partial charge in [-0.05, 0) is 26.3 Å². The van der Waals surface area contributed by atoms with Crippen LogP contribution in [0.2, 0.25) is 0 Å². The highest BCUT2D eigenvalue weighted by molar-refractivity contribution is 5.20. The van der Waals surface area contributed by atoms with Gasteiger partial charge in [0.25, 0.3) is 0 Å². The molecule has 0 unspecified atom stereocenters. The molecule has 0 saturated carbocycles. The van der Waals surface area contributed by atoms with Gasteiger partial charge in [-0.15, -0.1) is 0 Å². The van der Waals surface area contributed by atoms with Gasteiger partial charge < -0.3 is 14.6 Å². The van der Waals surface area contributed by atoms with Gasteiger partial charge in [-0.25, -0.2) is 0 Å². The van der Waals surface area contributed by atoms with E-state index >= 15 is 0 Å². The van der Waals surface area contributed by atoms with E-state index in [9.17, 15) is 10.4 Å². The van der Waals surface area contributed by atoms with Gasteiger partial charge in [0.15, 0.2) is 5.79 Å². The predicted octanol–water partition coefficient (Wildman–Crippen LogP) is 1.67. The van der Waals surface area contributed by atoms with Crippen LogP contribution in [0.5, 0.6) is 0 Å². The van der Waals surface area contributed by atoms with Crippen molar-refractivity contribution in [2.24, 2.45) is 0 Å². The topological polar surface area (TPSA) is 65.7 Å². The summed E-state index contributed by atoms with van der Waals surface area (Å²) < 4.78 is 11.9. The van der Waals surface area contributed by atoms with Crippen LogP contribution in [0.15, 0.2) is 30.3 Å². The van der Waals surface area contributed by atoms with Gasteiger partial charge in [0.2, 0.25) is 0 Å². The summed E-state index contributed by atoms with van der Waals surface area (Å²) in [6.45, 7) is 6.49. The van der Waals surface area contributed by atoms with E-state index in [0.29, 0.717) is 13.1 Å². The Balaban J connectivity index is 1.89. The molecule has 0 spiro atoms. The summed E-state index contributed by atoms with van der Waals surface area (Å²) >= 11 is 0. The van der Waals surface area contributed by atoms with Crippen LogP contribution in [0.4, 0.5) is 0 Å². The van der Waals surface area contributed by atoms with E-state index in [1.165, 1.54) is 0 Å². The maximum Gasteiger partial charge on any atom is 0.164 e. The first kappa shape index (κ1) is 15.4. The first-order valence-corrected chi connectivity index (χ1v) is 7.59. The fourth-order valence-corrected chi connectivity index (χ4v) is 3.69. The van der Waals surface area contributed by atoms with Gasteiger partial charge in [0.1, 0.15) is 17.7 Å². The van der Waals surface area contributed by atoms with E-state index in [1.54, 1.807) is 0 Å². The minimum atomic E-state index is -0.843. The number of aliphatic hydroxyl groups excluding tert-OH is 1. The van der Waals surface area contributed by atoms with E-state index in [2.05, 4.69) is 6.07 Å². The number of fused-ring (bicyclic) bond motifs is 1. The Kier molecular flexibility index (Phi) is 3.74. The van der Waals surface area contributed by atoms with Gasteiger partial charge in [-0.3, -0.25) is 4.90 Å². The molecule has 0 radical (unpaired) electrons. The second-order valence-corrected chi connectivity index (χ2v) is 6.74. The third-order valence-corrected chi connectivity index (χ3v) is 4.47. The molecule has 0 aromatic heterocycles. The predicted molar refractivity (Wildman–Crippen MR) is 80.7 cm³/mol. The normalized spacial score (nSPS) is 37.5. The van der Waals surface area contributed by atoms with Crippen molar-refractivity contribution in [3.8, 4) is 6.07 Å². The van der Waals surface area contributed by atoms with E-state index in [1.807, 2.05) is 56.0 Å². The number of nitriles is 1. The van der Waals surface area contributed by atoms with Crippen molar-refractivity contribution in [2.75, 3.05) is 6.54 Å². The molecule has 4 atom stereocenters. The molecule has 5 nitrogen and oxygen atoms in total. The summed E-state index contributed by atoms with van der Waals surface area (Å²) in [5, 5.41) is 20.2. The molecule has 0 aliphatic carbocycles. The number of likely N-dealkylation sites (tertiary alicyclic amines) is 1. The molecule has 118 valence electrons. The Morgan fingerprint density at radius 3 is 2.64 bits per heavy atom. The SMILES string of the molecule is CC1(C)O[C@@H]2[C@H](O)CN(Cc3ccccc3)[C@@H](C#N)[C@]2(C)O1. The molecular weight excluding hydrogens is 280 g/mol. The molecule has 2 fully saturated rings. The molecule has 0 amide bonds. The van der Waals surface area contributed by atoms with Crippen molar-refractivity contribution in [3.05, 3.63) is 35.9 Å². The fourth-order valence-electron chi connectivity index (χ4n) is 3.69. The zero-order valence-corrected chi connectivity index (χ0v) is 13.2. The minimum absolute atomic E-state index is 0.396. The highest BCUT2D eigenvalue weighted by atomic mass is 16.8. The third-order valence-electron chi connectivity index (χ3n) is 4.47. The summed E-state index contributed by atoms with van der Waals surface area (Å²) in [6, 6.07) is 11.8. The minimum Gasteiger partial charge on any atom is -0.389 e. The van der Waals surface area contributed by atoms with Gasteiger partial charge in [0, 0.05) is 13.1 Å². The highest BCUT2D eigenvalue weighted by Crippen LogP contribution is 2.44. The molecule has 22 heavy (non-hydrogen) atoms. The zero-order chi connectivity index (χ0) is 16.0. The van der Waals surface area contributed by atoms with Gasteiger partial charge >= 0.3 is 0 Å². The molecular formula is C17H22N2O3. The number of ether oxygens (including phenoxy) is 2. The van der Waals surface area contributed by atoms with Crippen molar-refractivity contribution < 1.29 is 14.6 Å². The molecule has 2 heterocycles. The van der Waals surface area contributed by atoms with Crippen LogP contribution in [-0.2, 0) is 16.0 Å². The quantitative estimate of drug-likeness (QED) is 0.900. The molecule has 1 N–H and O–H groups in total. The number of aliphatic hydroxyl groups is 1. The Bertz CT molecular complexity index is 583. The first-order chi connectivity index (χ1) is 10.4. The number of nitrogens with zero attached hydrogens (tertiary/aromatic N) is 2. The van der Waals surface area contributed by atoms with Crippen LogP contribution in [0, 0.1) is 11.3 Å². The van der Waals surface area contributed by atoms with Gasteiger partial charge in [0.05, 0.1) is 12.2 Å². The molecule has 0 bridgehead atoms. The molecule has 2 aliphatic heterocycles. The van der Waals surface area contributed by atoms with E-state index in [0.717, 1.165) is 5.56 Å². The Hall–Kier alpha value is -1.45. The molecule has 2 aliphatic rings. The maximum absolute atomic E-state index is 10.5. The maximum atomic E-state index is 10.5. The lowest BCUT2D eigenvalue weighted by Crippen LogP contribution is -2.65. The van der Waals surface area contributed by atoms with E-state index in [-0.39, 0.29) is 0 Å². The molecule has 1 aromatic rings. The monoisotopic (exact) mass is 302 g/mol. The van der Waals surface area contributed by atoms with Crippen molar-refractivity contribution in [1.82, 2.24) is 4.90 Å². The average Bonchev–Trinajstić information content (AvgIpc) is 2.70. The van der Waals surface area contributed by atoms with Gasteiger partial charge in [-0.2, -0.15) is 5.26 Å². The summed E-state index contributed by atoms with van der Waals surface area (Å²) in [4.78, 5) is 1.97. The lowest BCUT2D eigenvalue weighted by Gasteiger charge is -2.46. The van der Waals surface area contributed by atoms with Crippen molar-refractivity contribution in [1.29, 1.82) is 5.26 Å². The number of β-amino-alcohol motifs (C(OH)–C–C–N with tert-alkyl or cyclic N) is 1. The number of hydrogen-bond donors (Lipinski definition) is 1. The van der Waals surface area contributed by atoms with Crippen LogP contribution < -0.4 is 0 Å². The highest BCUT2D eigenvalue weighted by Gasteiger charge is 2.61. The number of benzene rings is 1. The summed E-state index contributed by atoms with van der Waals surface area (Å²) in [6.07, 6.45) is -1.17. The number of hydrogen-bond acceptors (Lipinski definition) is 5. The van der Waals surface area contributed by atoms with Crippen LogP contribution >= 0.6 is 0 Å². The Morgan fingerprint density at radius 2 is 2.00 bits per heavy atom. The lowest BCUT2D eigenvalue weighted by atomic mass is 9.82.